The van der Waals surface area contributed by atoms with Crippen molar-refractivity contribution in [3.05, 3.63) is 71.8 Å². The van der Waals surface area contributed by atoms with Gasteiger partial charge in [0, 0.05) is 10.8 Å². The largest absolute Gasteiger partial charge is 0.292 e. The van der Waals surface area contributed by atoms with Gasteiger partial charge in [0.25, 0.3) is 0 Å². The van der Waals surface area contributed by atoms with Crippen LogP contribution in [0.5, 0.6) is 0 Å². The van der Waals surface area contributed by atoms with E-state index in [9.17, 15) is 0 Å². The Balaban J connectivity index is 2.20. The van der Waals surface area contributed by atoms with E-state index in [0.717, 1.165) is 11.2 Å². The zero-order chi connectivity index (χ0) is 15.6. The van der Waals surface area contributed by atoms with Crippen LogP contribution in [0.25, 0.3) is 38.4 Å². The summed E-state index contributed by atoms with van der Waals surface area (Å²) in [6.07, 6.45) is 0. The summed E-state index contributed by atoms with van der Waals surface area (Å²) in [5.74, 6) is 0. The summed E-state index contributed by atoms with van der Waals surface area (Å²) in [6, 6.07) is 21.7. The molecule has 0 aliphatic carbocycles. The van der Waals surface area contributed by atoms with E-state index in [1.165, 1.54) is 38.3 Å². The fourth-order valence-electron chi connectivity index (χ4n) is 3.59. The molecule has 0 unspecified atom stereocenters. The van der Waals surface area contributed by atoms with Crippen molar-refractivity contribution in [3.63, 3.8) is 0 Å². The number of nitrogens with zero attached hydrogens (tertiary/aromatic N) is 2. The minimum Gasteiger partial charge on any atom is -0.292 e. The lowest BCUT2D eigenvalue weighted by Crippen LogP contribution is -1.92. The van der Waals surface area contributed by atoms with E-state index in [0.29, 0.717) is 0 Å². The van der Waals surface area contributed by atoms with E-state index in [2.05, 4.69) is 72.8 Å². The lowest BCUT2D eigenvalue weighted by atomic mass is 10.0. The molecular formula is C21H16N2. The summed E-state index contributed by atoms with van der Waals surface area (Å²) >= 11 is 0. The second kappa shape index (κ2) is 4.32. The first-order valence-corrected chi connectivity index (χ1v) is 7.92. The molecule has 0 aliphatic heterocycles. The summed E-state index contributed by atoms with van der Waals surface area (Å²) in [6.45, 7) is 4.30. The smallest absolute Gasteiger partial charge is 0.146 e. The number of fused-ring (bicyclic) bond motifs is 8. The summed E-state index contributed by atoms with van der Waals surface area (Å²) in [5, 5.41) is 3.79. The van der Waals surface area contributed by atoms with Crippen LogP contribution in [0.15, 0.2) is 60.7 Å². The summed E-state index contributed by atoms with van der Waals surface area (Å²) in [7, 11) is 0. The van der Waals surface area contributed by atoms with Crippen molar-refractivity contribution in [3.8, 4) is 0 Å². The number of pyridine rings is 1. The molecular weight excluding hydrogens is 280 g/mol. The molecule has 0 spiro atoms. The molecule has 23 heavy (non-hydrogen) atoms. The van der Waals surface area contributed by atoms with Gasteiger partial charge < -0.3 is 0 Å². The molecule has 2 aromatic heterocycles. The van der Waals surface area contributed by atoms with Gasteiger partial charge in [0.15, 0.2) is 0 Å². The third-order valence-corrected chi connectivity index (χ3v) is 4.66. The van der Waals surface area contributed by atoms with Gasteiger partial charge in [-0.15, -0.1) is 0 Å². The zero-order valence-corrected chi connectivity index (χ0v) is 13.2. The van der Waals surface area contributed by atoms with Gasteiger partial charge in [-0.25, -0.2) is 4.98 Å². The standard InChI is InChI=1S/C21H16N2/c1-13-7-9-15-16(11-13)17-12-14(2)8-10-19(17)23-20-6-4-3-5-18(20)22-21(15)23/h3-12H,1-2H3. The Hall–Kier alpha value is -2.87. The van der Waals surface area contributed by atoms with E-state index in [4.69, 9.17) is 4.98 Å². The van der Waals surface area contributed by atoms with Crippen molar-refractivity contribution in [1.82, 2.24) is 9.38 Å². The molecule has 0 saturated carbocycles. The third-order valence-electron chi connectivity index (χ3n) is 4.66. The quantitative estimate of drug-likeness (QED) is 0.349. The molecule has 3 aromatic carbocycles. The molecule has 2 heterocycles. The van der Waals surface area contributed by atoms with Gasteiger partial charge >= 0.3 is 0 Å². The molecule has 0 aliphatic rings. The molecule has 0 fully saturated rings. The normalized spacial score (nSPS) is 11.9. The molecule has 2 heteroatoms. The fraction of sp³-hybridized carbons (Fsp3) is 0.0952. The average molecular weight is 296 g/mol. The maximum Gasteiger partial charge on any atom is 0.146 e. The van der Waals surface area contributed by atoms with Gasteiger partial charge in [0.2, 0.25) is 0 Å². The Bertz CT molecular complexity index is 1230. The molecule has 0 saturated heterocycles. The van der Waals surface area contributed by atoms with Crippen LogP contribution < -0.4 is 0 Å². The van der Waals surface area contributed by atoms with Gasteiger partial charge in [0.1, 0.15) is 5.65 Å². The Morgan fingerprint density at radius 1 is 0.696 bits per heavy atom. The SMILES string of the molecule is Cc1ccc2c(c1)c1cc(C)ccc1n1c3ccccc3nc21. The number of para-hydroxylation sites is 2. The van der Waals surface area contributed by atoms with Crippen LogP contribution in [0, 0.1) is 13.8 Å². The van der Waals surface area contributed by atoms with Crippen molar-refractivity contribution in [2.45, 2.75) is 13.8 Å². The lowest BCUT2D eigenvalue weighted by molar-refractivity contribution is 1.31. The second-order valence-corrected chi connectivity index (χ2v) is 6.33. The minimum atomic E-state index is 1.04. The molecule has 0 amide bonds. The number of imidazole rings is 1. The van der Waals surface area contributed by atoms with Crippen LogP contribution in [0.4, 0.5) is 0 Å². The molecule has 0 atom stereocenters. The van der Waals surface area contributed by atoms with E-state index in [-0.39, 0.29) is 0 Å². The lowest BCUT2D eigenvalue weighted by Gasteiger charge is -2.10. The molecule has 110 valence electrons. The number of aryl methyl sites for hydroxylation is 2. The maximum absolute atomic E-state index is 4.91. The highest BCUT2D eigenvalue weighted by atomic mass is 15.0. The Morgan fingerprint density at radius 2 is 1.43 bits per heavy atom. The monoisotopic (exact) mass is 296 g/mol. The number of hydrogen-bond acceptors (Lipinski definition) is 1. The molecule has 0 N–H and O–H groups in total. The topological polar surface area (TPSA) is 17.3 Å². The zero-order valence-electron chi connectivity index (χ0n) is 13.2. The van der Waals surface area contributed by atoms with Crippen LogP contribution in [0.2, 0.25) is 0 Å². The van der Waals surface area contributed by atoms with Gasteiger partial charge in [-0.2, -0.15) is 0 Å². The predicted molar refractivity (Wildman–Crippen MR) is 97.2 cm³/mol. The fourth-order valence-corrected chi connectivity index (χ4v) is 3.59. The molecule has 0 bridgehead atoms. The van der Waals surface area contributed by atoms with Crippen LogP contribution >= 0.6 is 0 Å². The summed E-state index contributed by atoms with van der Waals surface area (Å²) in [4.78, 5) is 4.91. The van der Waals surface area contributed by atoms with Gasteiger partial charge in [0.05, 0.1) is 16.6 Å². The molecule has 0 radical (unpaired) electrons. The van der Waals surface area contributed by atoms with E-state index < -0.39 is 0 Å². The van der Waals surface area contributed by atoms with Crippen molar-refractivity contribution < 1.29 is 0 Å². The van der Waals surface area contributed by atoms with Gasteiger partial charge in [-0.3, -0.25) is 4.40 Å². The van der Waals surface area contributed by atoms with Crippen molar-refractivity contribution in [2.75, 3.05) is 0 Å². The highest BCUT2D eigenvalue weighted by molar-refractivity contribution is 6.14. The Kier molecular flexibility index (Phi) is 2.38. The number of hydrogen-bond donors (Lipinski definition) is 0. The maximum atomic E-state index is 4.91. The van der Waals surface area contributed by atoms with E-state index in [1.54, 1.807) is 0 Å². The van der Waals surface area contributed by atoms with Crippen molar-refractivity contribution >= 4 is 38.4 Å². The minimum absolute atomic E-state index is 1.04. The highest BCUT2D eigenvalue weighted by Gasteiger charge is 2.13. The van der Waals surface area contributed by atoms with E-state index in [1.807, 2.05) is 6.07 Å². The number of aromatic nitrogens is 2. The summed E-state index contributed by atoms with van der Waals surface area (Å²) < 4.78 is 2.29. The highest BCUT2D eigenvalue weighted by Crippen LogP contribution is 2.33. The number of benzene rings is 3. The molecule has 5 aromatic rings. The van der Waals surface area contributed by atoms with Crippen LogP contribution in [-0.2, 0) is 0 Å². The first kappa shape index (κ1) is 12.7. The molecule has 5 rings (SSSR count). The average Bonchev–Trinajstić information content (AvgIpc) is 2.94. The van der Waals surface area contributed by atoms with E-state index >= 15 is 0 Å². The first-order chi connectivity index (χ1) is 11.2. The van der Waals surface area contributed by atoms with Crippen molar-refractivity contribution in [1.29, 1.82) is 0 Å². The van der Waals surface area contributed by atoms with Gasteiger partial charge in [-0.05, 0) is 43.5 Å². The Morgan fingerprint density at radius 3 is 2.30 bits per heavy atom. The predicted octanol–water partition coefficient (Wildman–Crippen LogP) is 5.41. The first-order valence-electron chi connectivity index (χ1n) is 7.92. The molecule has 2 nitrogen and oxygen atoms in total. The van der Waals surface area contributed by atoms with Crippen LogP contribution in [-0.4, -0.2) is 9.38 Å². The number of rotatable bonds is 0. The third kappa shape index (κ3) is 1.66. The Labute approximate surface area is 134 Å². The van der Waals surface area contributed by atoms with Crippen molar-refractivity contribution in [2.24, 2.45) is 0 Å². The van der Waals surface area contributed by atoms with Crippen LogP contribution in [0.1, 0.15) is 11.1 Å². The second-order valence-electron chi connectivity index (χ2n) is 6.33. The van der Waals surface area contributed by atoms with Gasteiger partial charge in [-0.1, -0.05) is 47.5 Å². The van der Waals surface area contributed by atoms with Crippen LogP contribution in [0.3, 0.4) is 0 Å². The summed E-state index contributed by atoms with van der Waals surface area (Å²) in [5.41, 5.74) is 7.03.